The first-order valence-corrected chi connectivity index (χ1v) is 7.56. The first-order valence-electron chi connectivity index (χ1n) is 7.18. The predicted octanol–water partition coefficient (Wildman–Crippen LogP) is 4.50. The summed E-state index contributed by atoms with van der Waals surface area (Å²) in [5.74, 6) is -0.233. The van der Waals surface area contributed by atoms with Gasteiger partial charge in [-0.15, -0.1) is 0 Å². The minimum absolute atomic E-state index is 0.320. The van der Waals surface area contributed by atoms with Gasteiger partial charge in [-0.25, -0.2) is 14.4 Å². The van der Waals surface area contributed by atoms with Crippen LogP contribution in [0.1, 0.15) is 15.9 Å². The highest BCUT2D eigenvalue weighted by atomic mass is 35.5. The molecule has 120 valence electrons. The highest BCUT2D eigenvalue weighted by molar-refractivity contribution is 6.31. The predicted molar refractivity (Wildman–Crippen MR) is 91.6 cm³/mol. The second-order valence-electron chi connectivity index (χ2n) is 5.22. The number of carbonyl (C=O) groups is 1. The van der Waals surface area contributed by atoms with Crippen molar-refractivity contribution in [3.8, 4) is 11.4 Å². The van der Waals surface area contributed by atoms with Gasteiger partial charge in [-0.05, 0) is 48.9 Å². The van der Waals surface area contributed by atoms with Gasteiger partial charge in [0.2, 0.25) is 0 Å². The van der Waals surface area contributed by atoms with Crippen LogP contribution in [0.3, 0.4) is 0 Å². The minimum Gasteiger partial charge on any atom is -0.322 e. The third-order valence-corrected chi connectivity index (χ3v) is 3.70. The number of hydrogen-bond acceptors (Lipinski definition) is 3. The largest absolute Gasteiger partial charge is 0.322 e. The van der Waals surface area contributed by atoms with Crippen LogP contribution in [-0.4, -0.2) is 15.9 Å². The molecule has 3 aromatic rings. The van der Waals surface area contributed by atoms with Gasteiger partial charge in [-0.1, -0.05) is 17.7 Å². The summed E-state index contributed by atoms with van der Waals surface area (Å²) >= 11 is 5.94. The maximum atomic E-state index is 12.9. The van der Waals surface area contributed by atoms with Crippen molar-refractivity contribution >= 4 is 23.2 Å². The van der Waals surface area contributed by atoms with Crippen molar-refractivity contribution in [2.45, 2.75) is 6.92 Å². The van der Waals surface area contributed by atoms with Gasteiger partial charge in [0.1, 0.15) is 5.82 Å². The van der Waals surface area contributed by atoms with E-state index >= 15 is 0 Å². The summed E-state index contributed by atoms with van der Waals surface area (Å²) in [7, 11) is 0. The van der Waals surface area contributed by atoms with E-state index in [2.05, 4.69) is 15.3 Å². The van der Waals surface area contributed by atoms with Crippen molar-refractivity contribution in [2.24, 2.45) is 0 Å². The molecule has 0 saturated heterocycles. The SMILES string of the molecule is Cc1ccc(Cl)cc1NC(=O)c1cnc(-c2ccc(F)cc2)nc1. The van der Waals surface area contributed by atoms with Crippen molar-refractivity contribution in [1.29, 1.82) is 0 Å². The number of nitrogens with one attached hydrogen (secondary N) is 1. The third kappa shape index (κ3) is 3.58. The molecule has 0 aliphatic heterocycles. The number of anilines is 1. The summed E-state index contributed by atoms with van der Waals surface area (Å²) in [4.78, 5) is 20.6. The van der Waals surface area contributed by atoms with E-state index in [1.165, 1.54) is 24.5 Å². The van der Waals surface area contributed by atoms with Crippen LogP contribution in [0, 0.1) is 12.7 Å². The number of aryl methyl sites for hydroxylation is 1. The maximum absolute atomic E-state index is 12.9. The van der Waals surface area contributed by atoms with Crippen molar-refractivity contribution in [3.05, 3.63) is 76.8 Å². The fourth-order valence-electron chi connectivity index (χ4n) is 2.12. The molecule has 4 nitrogen and oxygen atoms in total. The Labute approximate surface area is 143 Å². The topological polar surface area (TPSA) is 54.9 Å². The second-order valence-corrected chi connectivity index (χ2v) is 5.65. The molecule has 0 bridgehead atoms. The Balaban J connectivity index is 1.79. The zero-order chi connectivity index (χ0) is 17.1. The van der Waals surface area contributed by atoms with Crippen LogP contribution in [0.4, 0.5) is 10.1 Å². The number of amides is 1. The number of benzene rings is 2. The average Bonchev–Trinajstić information content (AvgIpc) is 2.59. The van der Waals surface area contributed by atoms with Gasteiger partial charge < -0.3 is 5.32 Å². The smallest absolute Gasteiger partial charge is 0.258 e. The van der Waals surface area contributed by atoms with E-state index in [4.69, 9.17) is 11.6 Å². The summed E-state index contributed by atoms with van der Waals surface area (Å²) in [6.07, 6.45) is 2.86. The Bertz CT molecular complexity index is 880. The molecule has 0 fully saturated rings. The normalized spacial score (nSPS) is 10.5. The van der Waals surface area contributed by atoms with E-state index in [0.29, 0.717) is 27.7 Å². The van der Waals surface area contributed by atoms with E-state index in [1.807, 2.05) is 13.0 Å². The molecule has 1 amide bonds. The van der Waals surface area contributed by atoms with Crippen LogP contribution < -0.4 is 5.32 Å². The zero-order valence-corrected chi connectivity index (χ0v) is 13.5. The Kier molecular flexibility index (Phi) is 4.53. The number of aromatic nitrogens is 2. The zero-order valence-electron chi connectivity index (χ0n) is 12.8. The molecule has 0 aliphatic carbocycles. The Morgan fingerprint density at radius 2 is 1.75 bits per heavy atom. The highest BCUT2D eigenvalue weighted by Crippen LogP contribution is 2.21. The van der Waals surface area contributed by atoms with Gasteiger partial charge in [-0.2, -0.15) is 0 Å². The molecule has 1 N–H and O–H groups in total. The second kappa shape index (κ2) is 6.76. The molecule has 0 saturated carbocycles. The fourth-order valence-corrected chi connectivity index (χ4v) is 2.29. The monoisotopic (exact) mass is 341 g/mol. The van der Waals surface area contributed by atoms with Gasteiger partial charge in [0.25, 0.3) is 5.91 Å². The quantitative estimate of drug-likeness (QED) is 0.763. The van der Waals surface area contributed by atoms with E-state index < -0.39 is 0 Å². The first kappa shape index (κ1) is 16.1. The van der Waals surface area contributed by atoms with E-state index in [1.54, 1.807) is 24.3 Å². The Hall–Kier alpha value is -2.79. The lowest BCUT2D eigenvalue weighted by atomic mass is 10.2. The van der Waals surface area contributed by atoms with E-state index in [-0.39, 0.29) is 11.7 Å². The van der Waals surface area contributed by atoms with Gasteiger partial charge in [0.05, 0.1) is 5.56 Å². The van der Waals surface area contributed by atoms with Crippen molar-refractivity contribution in [2.75, 3.05) is 5.32 Å². The van der Waals surface area contributed by atoms with Gasteiger partial charge in [0.15, 0.2) is 5.82 Å². The van der Waals surface area contributed by atoms with Crippen molar-refractivity contribution in [1.82, 2.24) is 9.97 Å². The molecule has 2 aromatic carbocycles. The first-order chi connectivity index (χ1) is 11.5. The van der Waals surface area contributed by atoms with Crippen molar-refractivity contribution in [3.63, 3.8) is 0 Å². The minimum atomic E-state index is -0.328. The lowest BCUT2D eigenvalue weighted by Crippen LogP contribution is -2.13. The van der Waals surface area contributed by atoms with E-state index in [0.717, 1.165) is 5.56 Å². The molecule has 0 spiro atoms. The third-order valence-electron chi connectivity index (χ3n) is 3.46. The number of carbonyl (C=O) groups excluding carboxylic acids is 1. The summed E-state index contributed by atoms with van der Waals surface area (Å²) in [6, 6.07) is 11.1. The van der Waals surface area contributed by atoms with Crippen LogP contribution in [0.15, 0.2) is 54.9 Å². The Morgan fingerprint density at radius 1 is 1.08 bits per heavy atom. The number of halogens is 2. The number of hydrogen-bond donors (Lipinski definition) is 1. The molecule has 0 radical (unpaired) electrons. The van der Waals surface area contributed by atoms with Gasteiger partial charge in [-0.3, -0.25) is 4.79 Å². The molecule has 1 heterocycles. The summed E-state index contributed by atoms with van der Waals surface area (Å²) in [5.41, 5.74) is 2.53. The van der Waals surface area contributed by atoms with Crippen LogP contribution in [0.2, 0.25) is 5.02 Å². The van der Waals surface area contributed by atoms with E-state index in [9.17, 15) is 9.18 Å². The average molecular weight is 342 g/mol. The van der Waals surface area contributed by atoms with Crippen LogP contribution in [0.25, 0.3) is 11.4 Å². The summed E-state index contributed by atoms with van der Waals surface area (Å²) < 4.78 is 12.9. The van der Waals surface area contributed by atoms with Crippen LogP contribution >= 0.6 is 11.6 Å². The molecular weight excluding hydrogens is 329 g/mol. The Morgan fingerprint density at radius 3 is 2.42 bits per heavy atom. The van der Waals surface area contributed by atoms with Gasteiger partial charge in [0, 0.05) is 28.7 Å². The molecule has 0 aliphatic rings. The summed E-state index contributed by atoms with van der Waals surface area (Å²) in [5, 5.41) is 3.32. The van der Waals surface area contributed by atoms with Crippen molar-refractivity contribution < 1.29 is 9.18 Å². The summed E-state index contributed by atoms with van der Waals surface area (Å²) in [6.45, 7) is 1.88. The molecule has 0 unspecified atom stereocenters. The number of nitrogens with zero attached hydrogens (tertiary/aromatic N) is 2. The molecule has 0 atom stereocenters. The van der Waals surface area contributed by atoms with Gasteiger partial charge >= 0.3 is 0 Å². The molecular formula is C18H13ClFN3O. The van der Waals surface area contributed by atoms with Crippen LogP contribution in [-0.2, 0) is 0 Å². The molecule has 3 rings (SSSR count). The maximum Gasteiger partial charge on any atom is 0.258 e. The molecule has 6 heteroatoms. The number of rotatable bonds is 3. The molecule has 1 aromatic heterocycles. The molecule has 24 heavy (non-hydrogen) atoms. The fraction of sp³-hybridized carbons (Fsp3) is 0.0556. The lowest BCUT2D eigenvalue weighted by molar-refractivity contribution is 0.102. The standard InChI is InChI=1S/C18H13ClFN3O/c1-11-2-5-14(19)8-16(11)23-18(24)13-9-21-17(22-10-13)12-3-6-15(20)7-4-12/h2-10H,1H3,(H,23,24). The van der Waals surface area contributed by atoms with Crippen LogP contribution in [0.5, 0.6) is 0 Å². The highest BCUT2D eigenvalue weighted by Gasteiger charge is 2.10. The lowest BCUT2D eigenvalue weighted by Gasteiger charge is -2.09.